The number of thiazole rings is 1. The van der Waals surface area contributed by atoms with Gasteiger partial charge in [-0.15, -0.1) is 20.1 Å². The molecular formula is C21H22ClF2N5O3S2. The smallest absolute Gasteiger partial charge is 0.368 e. The molecule has 1 atom stereocenters. The Morgan fingerprint density at radius 3 is 2.56 bits per heavy atom. The number of para-hydroxylation sites is 2. The van der Waals surface area contributed by atoms with Crippen LogP contribution in [0.3, 0.4) is 0 Å². The number of benzene rings is 2. The average molecular weight is 530 g/mol. The summed E-state index contributed by atoms with van der Waals surface area (Å²) < 4.78 is 47.0. The highest BCUT2D eigenvalue weighted by molar-refractivity contribution is 7.92. The Kier molecular flexibility index (Phi) is 8.78. The average Bonchev–Trinajstić information content (AvgIpc) is 3.47. The Morgan fingerprint density at radius 1 is 1.21 bits per heavy atom. The topological polar surface area (TPSA) is 103 Å². The molecule has 3 aromatic rings. The van der Waals surface area contributed by atoms with Gasteiger partial charge in [-0.3, -0.25) is 4.72 Å². The van der Waals surface area contributed by atoms with Crippen molar-refractivity contribution in [2.75, 3.05) is 35.1 Å². The number of sulfonamides is 1. The van der Waals surface area contributed by atoms with Crippen LogP contribution in [0.15, 0.2) is 58.3 Å². The SMILES string of the molecule is CNC1CCN(c2ccccc2Nc2ccc(S(=O)(=O)Nc3cscn3)cc2Cl)C1.O=C(F)F. The van der Waals surface area contributed by atoms with Crippen LogP contribution in [-0.4, -0.2) is 45.9 Å². The lowest BCUT2D eigenvalue weighted by molar-refractivity contribution is 0.199. The molecule has 1 aromatic heterocycles. The molecule has 0 spiro atoms. The van der Waals surface area contributed by atoms with E-state index in [1.54, 1.807) is 17.0 Å². The monoisotopic (exact) mass is 529 g/mol. The van der Waals surface area contributed by atoms with Crippen molar-refractivity contribution in [3.05, 3.63) is 58.4 Å². The van der Waals surface area contributed by atoms with Crippen LogP contribution in [-0.2, 0) is 10.0 Å². The number of carbonyl (C=O) groups is 1. The number of carbonyl (C=O) groups excluding carboxylic acids is 1. The van der Waals surface area contributed by atoms with Crippen LogP contribution < -0.4 is 20.3 Å². The number of hydrogen-bond acceptors (Lipinski definition) is 8. The fourth-order valence-corrected chi connectivity index (χ4v) is 5.31. The van der Waals surface area contributed by atoms with Crippen molar-refractivity contribution in [1.82, 2.24) is 10.3 Å². The van der Waals surface area contributed by atoms with E-state index >= 15 is 0 Å². The number of anilines is 4. The van der Waals surface area contributed by atoms with Gasteiger partial charge < -0.3 is 15.5 Å². The maximum atomic E-state index is 12.6. The number of halogens is 3. The zero-order chi connectivity index (χ0) is 24.7. The van der Waals surface area contributed by atoms with E-state index in [2.05, 4.69) is 31.3 Å². The molecular weight excluding hydrogens is 508 g/mol. The second-order valence-corrected chi connectivity index (χ2v) is 10.0. The van der Waals surface area contributed by atoms with Gasteiger partial charge in [0.1, 0.15) is 0 Å². The molecule has 0 bridgehead atoms. The summed E-state index contributed by atoms with van der Waals surface area (Å²) >= 11 is 7.75. The maximum absolute atomic E-state index is 12.6. The minimum absolute atomic E-state index is 0.0794. The van der Waals surface area contributed by atoms with Gasteiger partial charge in [-0.25, -0.2) is 18.2 Å². The Balaban J connectivity index is 0.000000751. The van der Waals surface area contributed by atoms with Crippen LogP contribution in [0.2, 0.25) is 5.02 Å². The molecule has 1 saturated heterocycles. The zero-order valence-electron chi connectivity index (χ0n) is 18.0. The summed E-state index contributed by atoms with van der Waals surface area (Å²) in [6, 6.07) is 13.1. The quantitative estimate of drug-likeness (QED) is 0.362. The molecule has 1 aliphatic rings. The van der Waals surface area contributed by atoms with Crippen molar-refractivity contribution in [1.29, 1.82) is 0 Å². The van der Waals surface area contributed by atoms with Gasteiger partial charge in [0.25, 0.3) is 10.0 Å². The molecule has 2 aromatic carbocycles. The molecule has 8 nitrogen and oxygen atoms in total. The number of likely N-dealkylation sites (N-methyl/N-ethyl adjacent to an activating group) is 1. The van der Waals surface area contributed by atoms with Crippen LogP contribution in [0.1, 0.15) is 6.42 Å². The second kappa shape index (κ2) is 11.6. The van der Waals surface area contributed by atoms with Crippen LogP contribution >= 0.6 is 22.9 Å². The summed E-state index contributed by atoms with van der Waals surface area (Å²) in [7, 11) is -1.78. The van der Waals surface area contributed by atoms with Crippen LogP contribution in [0.25, 0.3) is 0 Å². The van der Waals surface area contributed by atoms with Crippen molar-refractivity contribution < 1.29 is 22.0 Å². The fraction of sp³-hybridized carbons (Fsp3) is 0.238. The first kappa shape index (κ1) is 25.8. The van der Waals surface area contributed by atoms with E-state index in [-0.39, 0.29) is 10.7 Å². The van der Waals surface area contributed by atoms with Crippen molar-refractivity contribution >= 4 is 62.1 Å². The van der Waals surface area contributed by atoms with E-state index in [1.165, 1.54) is 23.5 Å². The predicted octanol–water partition coefficient (Wildman–Crippen LogP) is 5.18. The first-order valence-electron chi connectivity index (χ1n) is 10.0. The van der Waals surface area contributed by atoms with Crippen molar-refractivity contribution in [2.24, 2.45) is 0 Å². The first-order chi connectivity index (χ1) is 16.2. The van der Waals surface area contributed by atoms with Crippen LogP contribution in [0.5, 0.6) is 0 Å². The number of rotatable bonds is 7. The first-order valence-corrected chi connectivity index (χ1v) is 12.8. The Hall–Kier alpha value is -2.80. The summed E-state index contributed by atoms with van der Waals surface area (Å²) in [5.41, 5.74) is 4.22. The Labute approximate surface area is 205 Å². The van der Waals surface area contributed by atoms with Gasteiger partial charge in [0.2, 0.25) is 0 Å². The summed E-state index contributed by atoms with van der Waals surface area (Å²) in [5.74, 6) is 0.290. The van der Waals surface area contributed by atoms with Gasteiger partial charge in [-0.1, -0.05) is 23.7 Å². The molecule has 1 fully saturated rings. The van der Waals surface area contributed by atoms with E-state index < -0.39 is 16.3 Å². The molecule has 182 valence electrons. The third-order valence-corrected chi connectivity index (χ3v) is 7.28. The number of hydrogen-bond donors (Lipinski definition) is 3. The van der Waals surface area contributed by atoms with E-state index in [9.17, 15) is 17.2 Å². The van der Waals surface area contributed by atoms with Gasteiger partial charge in [-0.05, 0) is 43.8 Å². The zero-order valence-corrected chi connectivity index (χ0v) is 20.4. The normalized spacial score (nSPS) is 15.4. The summed E-state index contributed by atoms with van der Waals surface area (Å²) in [6.45, 7) is 1.90. The minimum atomic E-state index is -3.76. The van der Waals surface area contributed by atoms with Gasteiger partial charge in [0.15, 0.2) is 5.82 Å². The van der Waals surface area contributed by atoms with E-state index in [0.717, 1.165) is 30.9 Å². The van der Waals surface area contributed by atoms with Gasteiger partial charge >= 0.3 is 6.29 Å². The van der Waals surface area contributed by atoms with Gasteiger partial charge in [0, 0.05) is 24.5 Å². The van der Waals surface area contributed by atoms with E-state index in [1.807, 2.05) is 25.2 Å². The summed E-state index contributed by atoms with van der Waals surface area (Å²) in [5, 5.41) is 8.63. The highest BCUT2D eigenvalue weighted by Gasteiger charge is 2.23. The highest BCUT2D eigenvalue weighted by Crippen LogP contribution is 2.34. The maximum Gasteiger partial charge on any atom is 0.483 e. The van der Waals surface area contributed by atoms with E-state index in [0.29, 0.717) is 16.8 Å². The van der Waals surface area contributed by atoms with Crippen molar-refractivity contribution in [2.45, 2.75) is 17.4 Å². The lowest BCUT2D eigenvalue weighted by Gasteiger charge is -2.23. The number of nitrogens with zero attached hydrogens (tertiary/aromatic N) is 2. The third kappa shape index (κ3) is 6.86. The van der Waals surface area contributed by atoms with Crippen molar-refractivity contribution in [3.8, 4) is 0 Å². The largest absolute Gasteiger partial charge is 0.483 e. The molecule has 0 saturated carbocycles. The molecule has 0 aliphatic carbocycles. The van der Waals surface area contributed by atoms with E-state index in [4.69, 9.17) is 16.4 Å². The molecule has 34 heavy (non-hydrogen) atoms. The van der Waals surface area contributed by atoms with Crippen molar-refractivity contribution in [3.63, 3.8) is 0 Å². The lowest BCUT2D eigenvalue weighted by atomic mass is 10.2. The highest BCUT2D eigenvalue weighted by atomic mass is 35.5. The Bertz CT molecular complexity index is 1220. The molecule has 1 unspecified atom stereocenters. The van der Waals surface area contributed by atoms with Crippen LogP contribution in [0.4, 0.5) is 36.5 Å². The van der Waals surface area contributed by atoms with Crippen LogP contribution in [0, 0.1) is 0 Å². The third-order valence-electron chi connectivity index (χ3n) is 5.03. The molecule has 4 rings (SSSR count). The summed E-state index contributed by atoms with van der Waals surface area (Å²) in [4.78, 5) is 14.5. The molecule has 3 N–H and O–H groups in total. The van der Waals surface area contributed by atoms with Gasteiger partial charge in [0.05, 0.1) is 32.5 Å². The number of nitrogens with one attached hydrogen (secondary N) is 3. The molecule has 0 amide bonds. The number of aromatic nitrogens is 1. The standard InChI is InChI=1S/C20H22ClN5O2S2.CF2O/c1-22-14-8-9-26(11-14)19-5-3-2-4-18(19)24-17-7-6-15(10-16(17)21)30(27,28)25-20-12-29-13-23-20;2-1(3)4/h2-7,10,12-14,22,24-25H,8-9,11H2,1H3;. The lowest BCUT2D eigenvalue weighted by Crippen LogP contribution is -2.29. The second-order valence-electron chi connectivity index (χ2n) is 7.21. The Morgan fingerprint density at radius 2 is 1.94 bits per heavy atom. The predicted molar refractivity (Wildman–Crippen MR) is 131 cm³/mol. The molecule has 0 radical (unpaired) electrons. The fourth-order valence-electron chi connectivity index (χ4n) is 3.44. The minimum Gasteiger partial charge on any atom is -0.368 e. The summed E-state index contributed by atoms with van der Waals surface area (Å²) in [6.07, 6.45) is -1.75. The molecule has 13 heteroatoms. The molecule has 2 heterocycles. The van der Waals surface area contributed by atoms with Gasteiger partial charge in [-0.2, -0.15) is 0 Å². The molecule has 1 aliphatic heterocycles.